The highest BCUT2D eigenvalue weighted by molar-refractivity contribution is 14.0. The van der Waals surface area contributed by atoms with Gasteiger partial charge in [-0.05, 0) is 26.7 Å². The number of nitrogens with zero attached hydrogens (tertiary/aromatic N) is 4. The van der Waals surface area contributed by atoms with Gasteiger partial charge >= 0.3 is 0 Å². The lowest BCUT2D eigenvalue weighted by atomic mass is 9.65. The average molecular weight is 505 g/mol. The van der Waals surface area contributed by atoms with Crippen molar-refractivity contribution in [2.75, 3.05) is 52.9 Å². The smallest absolute Gasteiger partial charge is 0.225 e. The van der Waals surface area contributed by atoms with Crippen molar-refractivity contribution in [3.63, 3.8) is 0 Å². The molecule has 7 heteroatoms. The van der Waals surface area contributed by atoms with Gasteiger partial charge in [0.05, 0.1) is 0 Å². The fourth-order valence-electron chi connectivity index (χ4n) is 4.64. The lowest BCUT2D eigenvalue weighted by Crippen LogP contribution is -2.72. The largest absolute Gasteiger partial charge is 0.355 e. The van der Waals surface area contributed by atoms with Gasteiger partial charge < -0.3 is 15.1 Å². The van der Waals surface area contributed by atoms with E-state index in [2.05, 4.69) is 52.7 Å². The molecule has 1 aliphatic carbocycles. The van der Waals surface area contributed by atoms with Gasteiger partial charge in [-0.1, -0.05) is 26.7 Å². The van der Waals surface area contributed by atoms with Crippen LogP contribution in [0.15, 0.2) is 4.99 Å². The maximum Gasteiger partial charge on any atom is 0.225 e. The zero-order chi connectivity index (χ0) is 19.7. The number of likely N-dealkylation sites (tertiary alicyclic amines) is 1. The van der Waals surface area contributed by atoms with E-state index >= 15 is 0 Å². The van der Waals surface area contributed by atoms with E-state index in [0.29, 0.717) is 17.2 Å². The summed E-state index contributed by atoms with van der Waals surface area (Å²) in [6.45, 7) is 15.9. The van der Waals surface area contributed by atoms with Gasteiger partial charge in [-0.25, -0.2) is 0 Å². The van der Waals surface area contributed by atoms with Crippen LogP contribution in [0, 0.1) is 11.3 Å². The molecule has 0 bridgehead atoms. The molecule has 1 saturated carbocycles. The molecule has 28 heavy (non-hydrogen) atoms. The fourth-order valence-corrected chi connectivity index (χ4v) is 4.64. The van der Waals surface area contributed by atoms with E-state index < -0.39 is 0 Å². The zero-order valence-electron chi connectivity index (χ0n) is 18.5. The molecule has 2 heterocycles. The minimum Gasteiger partial charge on any atom is -0.355 e. The maximum absolute atomic E-state index is 12.6. The van der Waals surface area contributed by atoms with Crippen molar-refractivity contribution < 1.29 is 4.79 Å². The molecule has 1 amide bonds. The Bertz CT molecular complexity index is 563. The number of halogens is 1. The Hall–Kier alpha value is -0.570. The highest BCUT2D eigenvalue weighted by Crippen LogP contribution is 2.46. The van der Waals surface area contributed by atoms with Crippen molar-refractivity contribution in [2.45, 2.75) is 58.9 Å². The van der Waals surface area contributed by atoms with E-state index in [9.17, 15) is 4.79 Å². The molecule has 0 aromatic rings. The molecule has 0 atom stereocenters. The molecule has 6 nitrogen and oxygen atoms in total. The second-order valence-corrected chi connectivity index (χ2v) is 9.65. The lowest BCUT2D eigenvalue weighted by Gasteiger charge is -2.62. The lowest BCUT2D eigenvalue weighted by molar-refractivity contribution is -0.137. The quantitative estimate of drug-likeness (QED) is 0.363. The number of nitrogens with one attached hydrogen (secondary N) is 1. The summed E-state index contributed by atoms with van der Waals surface area (Å²) in [5, 5.41) is 3.54. The van der Waals surface area contributed by atoms with Crippen LogP contribution in [-0.2, 0) is 4.79 Å². The second kappa shape index (κ2) is 9.49. The predicted molar refractivity (Wildman–Crippen MR) is 126 cm³/mol. The predicted octanol–water partition coefficient (Wildman–Crippen LogP) is 2.63. The number of carbonyl (C=O) groups is 1. The number of piperazine rings is 1. The van der Waals surface area contributed by atoms with Crippen molar-refractivity contribution in [1.29, 1.82) is 0 Å². The molecule has 0 radical (unpaired) electrons. The van der Waals surface area contributed by atoms with Crippen molar-refractivity contribution in [1.82, 2.24) is 20.0 Å². The molecule has 3 rings (SSSR count). The Morgan fingerprint density at radius 1 is 1.07 bits per heavy atom. The van der Waals surface area contributed by atoms with Crippen LogP contribution in [0.25, 0.3) is 0 Å². The molecule has 0 spiro atoms. The molecular weight excluding hydrogens is 465 g/mol. The van der Waals surface area contributed by atoms with Crippen LogP contribution in [-0.4, -0.2) is 85.0 Å². The number of carbonyl (C=O) groups excluding carboxylic acids is 1. The summed E-state index contributed by atoms with van der Waals surface area (Å²) in [4.78, 5) is 24.0. The molecular formula is C21H40IN5O. The van der Waals surface area contributed by atoms with Gasteiger partial charge in [-0.15, -0.1) is 24.0 Å². The van der Waals surface area contributed by atoms with Crippen LogP contribution in [0.4, 0.5) is 0 Å². The van der Waals surface area contributed by atoms with Crippen LogP contribution in [0.3, 0.4) is 0 Å². The van der Waals surface area contributed by atoms with Crippen molar-refractivity contribution in [3.05, 3.63) is 0 Å². The summed E-state index contributed by atoms with van der Waals surface area (Å²) >= 11 is 0. The van der Waals surface area contributed by atoms with Crippen LogP contribution in [0.5, 0.6) is 0 Å². The highest BCUT2D eigenvalue weighted by atomic mass is 127. The Kier molecular flexibility index (Phi) is 8.04. The van der Waals surface area contributed by atoms with Gasteiger partial charge in [-0.3, -0.25) is 14.7 Å². The third-order valence-electron chi connectivity index (χ3n) is 7.45. The molecule has 1 N–H and O–H groups in total. The summed E-state index contributed by atoms with van der Waals surface area (Å²) in [7, 11) is 1.87. The number of hydrogen-bond donors (Lipinski definition) is 1. The van der Waals surface area contributed by atoms with Gasteiger partial charge in [0.2, 0.25) is 5.91 Å². The Morgan fingerprint density at radius 3 is 2.18 bits per heavy atom. The van der Waals surface area contributed by atoms with Crippen LogP contribution < -0.4 is 5.32 Å². The van der Waals surface area contributed by atoms with E-state index in [1.54, 1.807) is 0 Å². The van der Waals surface area contributed by atoms with Gasteiger partial charge in [0.1, 0.15) is 0 Å². The summed E-state index contributed by atoms with van der Waals surface area (Å²) in [5.41, 5.74) is 0.438. The standard InChI is InChI=1S/C21H39N5O.HI/c1-20(2)16-26(21(20,3)4)19(22-5)23-10-11-24-12-14-25(15-13-24)18(27)17-8-6-7-9-17;/h17H,6-16H2,1-5H3,(H,22,23);1H. The topological polar surface area (TPSA) is 51.2 Å². The molecule has 2 aliphatic heterocycles. The Morgan fingerprint density at radius 2 is 1.68 bits per heavy atom. The number of hydrogen-bond acceptors (Lipinski definition) is 3. The average Bonchev–Trinajstić information content (AvgIpc) is 3.18. The molecule has 162 valence electrons. The van der Waals surface area contributed by atoms with E-state index in [1.807, 2.05) is 7.05 Å². The first-order chi connectivity index (χ1) is 12.8. The van der Waals surface area contributed by atoms with Crippen LogP contribution in [0.2, 0.25) is 0 Å². The van der Waals surface area contributed by atoms with E-state index in [0.717, 1.165) is 64.6 Å². The first kappa shape index (κ1) is 23.7. The summed E-state index contributed by atoms with van der Waals surface area (Å²) < 4.78 is 0. The van der Waals surface area contributed by atoms with Crippen molar-refractivity contribution in [2.24, 2.45) is 16.3 Å². The summed E-state index contributed by atoms with van der Waals surface area (Å²) in [6.07, 6.45) is 4.67. The fraction of sp³-hybridized carbons (Fsp3) is 0.905. The maximum atomic E-state index is 12.6. The van der Waals surface area contributed by atoms with Crippen LogP contribution >= 0.6 is 24.0 Å². The van der Waals surface area contributed by atoms with E-state index in [4.69, 9.17) is 0 Å². The molecule has 3 fully saturated rings. The molecule has 0 aromatic heterocycles. The van der Waals surface area contributed by atoms with Crippen LogP contribution in [0.1, 0.15) is 53.4 Å². The van der Waals surface area contributed by atoms with Crippen molar-refractivity contribution in [3.8, 4) is 0 Å². The third-order valence-corrected chi connectivity index (χ3v) is 7.45. The minimum absolute atomic E-state index is 0. The van der Waals surface area contributed by atoms with Gasteiger partial charge in [0, 0.05) is 69.7 Å². The number of aliphatic imine (C=N–C) groups is 1. The molecule has 0 unspecified atom stereocenters. The Labute approximate surface area is 188 Å². The second-order valence-electron chi connectivity index (χ2n) is 9.65. The summed E-state index contributed by atoms with van der Waals surface area (Å²) in [5.74, 6) is 1.73. The number of amides is 1. The number of guanidine groups is 1. The monoisotopic (exact) mass is 505 g/mol. The molecule has 3 aliphatic rings. The van der Waals surface area contributed by atoms with Gasteiger partial charge in [-0.2, -0.15) is 0 Å². The Balaban J connectivity index is 0.00000280. The SMILES string of the molecule is CN=C(NCCN1CCN(C(=O)C2CCCC2)CC1)N1CC(C)(C)C1(C)C.I. The van der Waals surface area contributed by atoms with Crippen molar-refractivity contribution >= 4 is 35.8 Å². The zero-order valence-corrected chi connectivity index (χ0v) is 20.8. The first-order valence-corrected chi connectivity index (χ1v) is 10.8. The first-order valence-electron chi connectivity index (χ1n) is 10.8. The van der Waals surface area contributed by atoms with E-state index in [-0.39, 0.29) is 29.5 Å². The normalized spacial score (nSPS) is 25.2. The van der Waals surface area contributed by atoms with Gasteiger partial charge in [0.25, 0.3) is 0 Å². The van der Waals surface area contributed by atoms with E-state index in [1.165, 1.54) is 12.8 Å². The molecule has 0 aromatic carbocycles. The highest BCUT2D eigenvalue weighted by Gasteiger charge is 2.53. The molecule has 2 saturated heterocycles. The number of rotatable bonds is 4. The summed E-state index contributed by atoms with van der Waals surface area (Å²) in [6, 6.07) is 0. The van der Waals surface area contributed by atoms with Gasteiger partial charge in [0.15, 0.2) is 5.96 Å². The minimum atomic E-state index is 0. The third kappa shape index (κ3) is 4.77.